The lowest BCUT2D eigenvalue weighted by atomic mass is 10.1. The fourth-order valence-electron chi connectivity index (χ4n) is 2.45. The van der Waals surface area contributed by atoms with E-state index >= 15 is 0 Å². The second-order valence-corrected chi connectivity index (χ2v) is 7.76. The van der Waals surface area contributed by atoms with Crippen molar-refractivity contribution in [3.05, 3.63) is 84.2 Å². The van der Waals surface area contributed by atoms with Gasteiger partial charge in [-0.1, -0.05) is 29.8 Å². The maximum atomic E-state index is 12.4. The van der Waals surface area contributed by atoms with E-state index in [0.717, 1.165) is 11.1 Å². The zero-order valence-corrected chi connectivity index (χ0v) is 15.5. The summed E-state index contributed by atoms with van der Waals surface area (Å²) in [5.74, 6) is -0.164. The second-order valence-electron chi connectivity index (χ2n) is 6.08. The smallest absolute Gasteiger partial charge is 0.261 e. The highest BCUT2D eigenvalue weighted by molar-refractivity contribution is 7.92. The molecule has 3 rings (SSSR count). The number of nitrogens with zero attached hydrogens (tertiary/aromatic N) is 1. The van der Waals surface area contributed by atoms with Crippen molar-refractivity contribution in [3.8, 4) is 0 Å². The predicted octanol–water partition coefficient (Wildman–Crippen LogP) is 3.37. The normalized spacial score (nSPS) is 11.0. The molecule has 6 nitrogen and oxygen atoms in total. The number of rotatable bonds is 6. The lowest BCUT2D eigenvalue weighted by Gasteiger charge is -2.09. The van der Waals surface area contributed by atoms with Crippen LogP contribution in [-0.2, 0) is 21.2 Å². The fourth-order valence-corrected chi connectivity index (χ4v) is 3.49. The first-order chi connectivity index (χ1) is 12.9. The van der Waals surface area contributed by atoms with Gasteiger partial charge in [-0.2, -0.15) is 0 Å². The highest BCUT2D eigenvalue weighted by Crippen LogP contribution is 2.18. The Morgan fingerprint density at radius 1 is 0.963 bits per heavy atom. The van der Waals surface area contributed by atoms with Gasteiger partial charge in [0.1, 0.15) is 0 Å². The molecule has 0 atom stereocenters. The molecule has 0 spiro atoms. The molecule has 27 heavy (non-hydrogen) atoms. The molecule has 0 unspecified atom stereocenters. The third kappa shape index (κ3) is 5.15. The van der Waals surface area contributed by atoms with Crippen LogP contribution in [0.5, 0.6) is 0 Å². The quantitative estimate of drug-likeness (QED) is 0.685. The first kappa shape index (κ1) is 18.6. The summed E-state index contributed by atoms with van der Waals surface area (Å²) in [5.41, 5.74) is 2.97. The maximum Gasteiger partial charge on any atom is 0.261 e. The molecule has 0 radical (unpaired) electrons. The highest BCUT2D eigenvalue weighted by Gasteiger charge is 2.14. The minimum Gasteiger partial charge on any atom is -0.326 e. The van der Waals surface area contributed by atoms with E-state index in [-0.39, 0.29) is 17.2 Å². The predicted molar refractivity (Wildman–Crippen MR) is 105 cm³/mol. The van der Waals surface area contributed by atoms with Gasteiger partial charge < -0.3 is 5.32 Å². The number of carbonyl (C=O) groups excluding carboxylic acids is 1. The molecule has 1 aromatic heterocycles. The van der Waals surface area contributed by atoms with E-state index in [2.05, 4.69) is 15.0 Å². The Morgan fingerprint density at radius 2 is 1.67 bits per heavy atom. The van der Waals surface area contributed by atoms with Gasteiger partial charge in [0.15, 0.2) is 0 Å². The highest BCUT2D eigenvalue weighted by atomic mass is 32.2. The van der Waals surface area contributed by atoms with E-state index in [1.54, 1.807) is 30.5 Å². The third-order valence-corrected chi connectivity index (χ3v) is 5.24. The van der Waals surface area contributed by atoms with E-state index in [1.165, 1.54) is 18.3 Å². The van der Waals surface area contributed by atoms with Crippen LogP contribution in [0.15, 0.2) is 78.0 Å². The number of aromatic nitrogens is 1. The molecule has 2 N–H and O–H groups in total. The van der Waals surface area contributed by atoms with Crippen molar-refractivity contribution in [2.24, 2.45) is 0 Å². The topological polar surface area (TPSA) is 88.2 Å². The van der Waals surface area contributed by atoms with E-state index < -0.39 is 10.0 Å². The van der Waals surface area contributed by atoms with Crippen LogP contribution >= 0.6 is 0 Å². The zero-order chi connectivity index (χ0) is 19.3. The van der Waals surface area contributed by atoms with Crippen LogP contribution in [0.1, 0.15) is 11.1 Å². The largest absolute Gasteiger partial charge is 0.326 e. The van der Waals surface area contributed by atoms with Gasteiger partial charge in [0.25, 0.3) is 10.0 Å². The molecule has 7 heteroatoms. The number of aryl methyl sites for hydroxylation is 1. The third-order valence-electron chi connectivity index (χ3n) is 3.85. The molecular weight excluding hydrogens is 362 g/mol. The summed E-state index contributed by atoms with van der Waals surface area (Å²) < 4.78 is 27.2. The SMILES string of the molecule is Cc1ccc(CC(=O)Nc2ccc(S(=O)(=O)Nc3cccnc3)cc2)cc1. The van der Waals surface area contributed by atoms with E-state index in [1.807, 2.05) is 31.2 Å². The van der Waals surface area contributed by atoms with Crippen LogP contribution in [0.2, 0.25) is 0 Å². The lowest BCUT2D eigenvalue weighted by molar-refractivity contribution is -0.115. The first-order valence-corrected chi connectivity index (χ1v) is 9.79. The standard InChI is InChI=1S/C20H19N3O3S/c1-15-4-6-16(7-5-15)13-20(24)22-17-8-10-19(11-9-17)27(25,26)23-18-3-2-12-21-14-18/h2-12,14,23H,13H2,1H3,(H,22,24). The lowest BCUT2D eigenvalue weighted by Crippen LogP contribution is -2.15. The van der Waals surface area contributed by atoms with Crippen LogP contribution in [0.3, 0.4) is 0 Å². The first-order valence-electron chi connectivity index (χ1n) is 8.31. The number of anilines is 2. The molecule has 0 aliphatic heterocycles. The number of nitrogens with one attached hydrogen (secondary N) is 2. The van der Waals surface area contributed by atoms with Crippen molar-refractivity contribution in [2.45, 2.75) is 18.2 Å². The van der Waals surface area contributed by atoms with Gasteiger partial charge in [0.2, 0.25) is 5.91 Å². The maximum absolute atomic E-state index is 12.4. The van der Waals surface area contributed by atoms with Crippen LogP contribution < -0.4 is 10.0 Å². The molecule has 2 aromatic carbocycles. The Bertz CT molecular complexity index is 1020. The van der Waals surface area contributed by atoms with Crippen LogP contribution in [0.25, 0.3) is 0 Å². The van der Waals surface area contributed by atoms with Gasteiger partial charge in [-0.05, 0) is 48.9 Å². The molecule has 3 aromatic rings. The summed E-state index contributed by atoms with van der Waals surface area (Å²) in [6, 6.07) is 17.0. The van der Waals surface area contributed by atoms with Crippen molar-refractivity contribution in [1.29, 1.82) is 0 Å². The second kappa shape index (κ2) is 8.01. The summed E-state index contributed by atoms with van der Waals surface area (Å²) in [5, 5.41) is 2.77. The molecule has 0 saturated carbocycles. The van der Waals surface area contributed by atoms with Crippen molar-refractivity contribution in [3.63, 3.8) is 0 Å². The fraction of sp³-hybridized carbons (Fsp3) is 0.100. The molecule has 0 fully saturated rings. The van der Waals surface area contributed by atoms with Crippen molar-refractivity contribution in [1.82, 2.24) is 4.98 Å². The number of pyridine rings is 1. The Morgan fingerprint density at radius 3 is 2.30 bits per heavy atom. The number of benzene rings is 2. The van der Waals surface area contributed by atoms with Crippen molar-refractivity contribution in [2.75, 3.05) is 10.0 Å². The van der Waals surface area contributed by atoms with Gasteiger partial charge in [0.05, 0.1) is 23.2 Å². The number of hydrogen-bond donors (Lipinski definition) is 2. The number of hydrogen-bond acceptors (Lipinski definition) is 4. The van der Waals surface area contributed by atoms with Crippen molar-refractivity contribution >= 4 is 27.3 Å². The number of amides is 1. The Kier molecular flexibility index (Phi) is 5.52. The monoisotopic (exact) mass is 381 g/mol. The Labute approximate surface area is 158 Å². The summed E-state index contributed by atoms with van der Waals surface area (Å²) in [4.78, 5) is 16.1. The number of carbonyl (C=O) groups is 1. The molecular formula is C20H19N3O3S. The average molecular weight is 381 g/mol. The molecule has 0 aliphatic rings. The molecule has 1 heterocycles. The van der Waals surface area contributed by atoms with Crippen LogP contribution in [0, 0.1) is 6.92 Å². The van der Waals surface area contributed by atoms with Gasteiger partial charge in [-0.15, -0.1) is 0 Å². The summed E-state index contributed by atoms with van der Waals surface area (Å²) in [7, 11) is -3.71. The van der Waals surface area contributed by atoms with E-state index in [9.17, 15) is 13.2 Å². The van der Waals surface area contributed by atoms with Gasteiger partial charge in [-0.25, -0.2) is 8.42 Å². The Hall–Kier alpha value is -3.19. The minimum atomic E-state index is -3.71. The van der Waals surface area contributed by atoms with Gasteiger partial charge in [0, 0.05) is 11.9 Å². The summed E-state index contributed by atoms with van der Waals surface area (Å²) in [6.45, 7) is 1.99. The molecule has 138 valence electrons. The zero-order valence-electron chi connectivity index (χ0n) is 14.7. The van der Waals surface area contributed by atoms with Crippen LogP contribution in [0.4, 0.5) is 11.4 Å². The van der Waals surface area contributed by atoms with E-state index in [4.69, 9.17) is 0 Å². The molecule has 0 bridgehead atoms. The Balaban J connectivity index is 1.64. The molecule has 0 aliphatic carbocycles. The summed E-state index contributed by atoms with van der Waals surface area (Å²) >= 11 is 0. The molecule has 1 amide bonds. The van der Waals surface area contributed by atoms with E-state index in [0.29, 0.717) is 11.4 Å². The van der Waals surface area contributed by atoms with Gasteiger partial charge in [-0.3, -0.25) is 14.5 Å². The van der Waals surface area contributed by atoms with Crippen molar-refractivity contribution < 1.29 is 13.2 Å². The molecule has 0 saturated heterocycles. The summed E-state index contributed by atoms with van der Waals surface area (Å²) in [6.07, 6.45) is 3.24. The average Bonchev–Trinajstić information content (AvgIpc) is 2.64. The minimum absolute atomic E-state index is 0.0999. The number of sulfonamides is 1. The van der Waals surface area contributed by atoms with Gasteiger partial charge >= 0.3 is 0 Å². The van der Waals surface area contributed by atoms with Crippen LogP contribution in [-0.4, -0.2) is 19.3 Å².